The van der Waals surface area contributed by atoms with E-state index in [-0.39, 0.29) is 0 Å². The number of ether oxygens (including phenoxy) is 1. The second kappa shape index (κ2) is 4.17. The maximum atomic E-state index is 12.5. The van der Waals surface area contributed by atoms with Crippen LogP contribution in [-0.4, -0.2) is 42.4 Å². The lowest BCUT2D eigenvalue weighted by atomic mass is 10.1. The average molecular weight is 252 g/mol. The van der Waals surface area contributed by atoms with E-state index in [1.165, 1.54) is 0 Å². The third-order valence-corrected chi connectivity index (χ3v) is 2.84. The zero-order chi connectivity index (χ0) is 12.6. The van der Waals surface area contributed by atoms with Crippen molar-refractivity contribution in [2.24, 2.45) is 5.92 Å². The SMILES string of the molecule is O=C1NC(=O)N(C2CCCO2)CC1C(F)(F)F. The number of carbonyl (C=O) groups is 2. The molecule has 0 aromatic heterocycles. The highest BCUT2D eigenvalue weighted by Gasteiger charge is 2.51. The number of alkyl halides is 3. The highest BCUT2D eigenvalue weighted by molar-refractivity contribution is 5.98. The summed E-state index contributed by atoms with van der Waals surface area (Å²) in [6.07, 6.45) is -4.12. The van der Waals surface area contributed by atoms with E-state index in [1.807, 2.05) is 0 Å². The number of nitrogens with zero attached hydrogens (tertiary/aromatic N) is 1. The Bertz CT molecular complexity index is 339. The molecule has 1 N–H and O–H groups in total. The van der Waals surface area contributed by atoms with Crippen LogP contribution in [0.1, 0.15) is 12.8 Å². The van der Waals surface area contributed by atoms with Crippen molar-refractivity contribution in [3.8, 4) is 0 Å². The van der Waals surface area contributed by atoms with E-state index >= 15 is 0 Å². The predicted molar refractivity (Wildman–Crippen MR) is 48.8 cm³/mol. The molecule has 2 aliphatic rings. The molecular formula is C9H11F3N2O3. The van der Waals surface area contributed by atoms with Crippen molar-refractivity contribution < 1.29 is 27.5 Å². The zero-order valence-electron chi connectivity index (χ0n) is 8.79. The van der Waals surface area contributed by atoms with Gasteiger partial charge >= 0.3 is 12.2 Å². The van der Waals surface area contributed by atoms with Crippen LogP contribution >= 0.6 is 0 Å². The third kappa shape index (κ3) is 2.36. The molecule has 2 rings (SSSR count). The first-order valence-electron chi connectivity index (χ1n) is 5.19. The van der Waals surface area contributed by atoms with E-state index in [4.69, 9.17) is 4.74 Å². The average Bonchev–Trinajstić information content (AvgIpc) is 2.68. The van der Waals surface area contributed by atoms with Crippen LogP contribution in [0.2, 0.25) is 0 Å². The highest BCUT2D eigenvalue weighted by atomic mass is 19.4. The Hall–Kier alpha value is -1.31. The summed E-state index contributed by atoms with van der Waals surface area (Å²) in [5.41, 5.74) is 0. The van der Waals surface area contributed by atoms with Gasteiger partial charge in [-0.3, -0.25) is 15.0 Å². The largest absolute Gasteiger partial charge is 0.402 e. The van der Waals surface area contributed by atoms with Crippen molar-refractivity contribution in [1.82, 2.24) is 10.2 Å². The van der Waals surface area contributed by atoms with Gasteiger partial charge in [0, 0.05) is 13.2 Å². The third-order valence-electron chi connectivity index (χ3n) is 2.84. The van der Waals surface area contributed by atoms with Crippen molar-refractivity contribution in [3.05, 3.63) is 0 Å². The van der Waals surface area contributed by atoms with Gasteiger partial charge in [0.25, 0.3) is 0 Å². The molecule has 0 spiro atoms. The van der Waals surface area contributed by atoms with E-state index in [9.17, 15) is 22.8 Å². The maximum absolute atomic E-state index is 12.5. The van der Waals surface area contributed by atoms with Crippen LogP contribution in [0.3, 0.4) is 0 Å². The number of hydrogen-bond donors (Lipinski definition) is 1. The Morgan fingerprint density at radius 2 is 2.06 bits per heavy atom. The summed E-state index contributed by atoms with van der Waals surface area (Å²) in [5.74, 6) is -3.47. The van der Waals surface area contributed by atoms with E-state index in [0.717, 1.165) is 4.90 Å². The Morgan fingerprint density at radius 1 is 1.35 bits per heavy atom. The fourth-order valence-corrected chi connectivity index (χ4v) is 1.93. The number of imide groups is 1. The minimum absolute atomic E-state index is 0.416. The van der Waals surface area contributed by atoms with Gasteiger partial charge in [0.15, 0.2) is 5.92 Å². The fraction of sp³-hybridized carbons (Fsp3) is 0.778. The molecule has 0 aromatic carbocycles. The molecule has 2 heterocycles. The van der Waals surface area contributed by atoms with Gasteiger partial charge in [0.1, 0.15) is 6.23 Å². The van der Waals surface area contributed by atoms with Crippen molar-refractivity contribution in [2.45, 2.75) is 25.2 Å². The number of nitrogens with one attached hydrogen (secondary N) is 1. The van der Waals surface area contributed by atoms with Crippen molar-refractivity contribution >= 4 is 11.9 Å². The molecule has 2 fully saturated rings. The highest BCUT2D eigenvalue weighted by Crippen LogP contribution is 2.31. The lowest BCUT2D eigenvalue weighted by Gasteiger charge is -2.35. The van der Waals surface area contributed by atoms with Gasteiger partial charge in [0.05, 0.1) is 0 Å². The standard InChI is InChI=1S/C9H11F3N2O3/c10-9(11,12)5-4-14(6-2-1-3-17-6)8(16)13-7(5)15/h5-6H,1-4H2,(H,13,15,16). The summed E-state index contributed by atoms with van der Waals surface area (Å²) in [4.78, 5) is 23.4. The second-order valence-corrected chi connectivity index (χ2v) is 4.01. The lowest BCUT2D eigenvalue weighted by Crippen LogP contribution is -2.60. The van der Waals surface area contributed by atoms with Crippen LogP contribution in [0.15, 0.2) is 0 Å². The summed E-state index contributed by atoms with van der Waals surface area (Å²) in [6, 6.07) is -0.817. The molecule has 17 heavy (non-hydrogen) atoms. The molecule has 0 aromatic rings. The first-order valence-corrected chi connectivity index (χ1v) is 5.19. The molecule has 96 valence electrons. The number of urea groups is 1. The monoisotopic (exact) mass is 252 g/mol. The number of hydrogen-bond acceptors (Lipinski definition) is 3. The van der Waals surface area contributed by atoms with Crippen LogP contribution in [0, 0.1) is 5.92 Å². The molecule has 0 saturated carbocycles. The molecule has 2 saturated heterocycles. The molecule has 5 nitrogen and oxygen atoms in total. The quantitative estimate of drug-likeness (QED) is 0.752. The number of rotatable bonds is 1. The molecule has 8 heteroatoms. The minimum Gasteiger partial charge on any atom is -0.358 e. The van der Waals surface area contributed by atoms with E-state index < -0.39 is 36.8 Å². The van der Waals surface area contributed by atoms with Crippen LogP contribution in [0.5, 0.6) is 0 Å². The van der Waals surface area contributed by atoms with E-state index in [1.54, 1.807) is 5.32 Å². The minimum atomic E-state index is -4.65. The number of carbonyl (C=O) groups excluding carboxylic acids is 2. The second-order valence-electron chi connectivity index (χ2n) is 4.01. The van der Waals surface area contributed by atoms with Crippen molar-refractivity contribution in [3.63, 3.8) is 0 Å². The van der Waals surface area contributed by atoms with Gasteiger partial charge < -0.3 is 4.74 Å². The number of halogens is 3. The molecular weight excluding hydrogens is 241 g/mol. The maximum Gasteiger partial charge on any atom is 0.402 e. The van der Waals surface area contributed by atoms with Crippen LogP contribution < -0.4 is 5.32 Å². The van der Waals surface area contributed by atoms with Gasteiger partial charge in [-0.2, -0.15) is 13.2 Å². The van der Waals surface area contributed by atoms with Crippen LogP contribution in [0.25, 0.3) is 0 Å². The van der Waals surface area contributed by atoms with Gasteiger partial charge in [0.2, 0.25) is 5.91 Å². The van der Waals surface area contributed by atoms with Crippen molar-refractivity contribution in [1.29, 1.82) is 0 Å². The fourth-order valence-electron chi connectivity index (χ4n) is 1.93. The summed E-state index contributed by atoms with van der Waals surface area (Å²) in [5, 5.41) is 1.71. The van der Waals surface area contributed by atoms with Gasteiger partial charge in [-0.05, 0) is 12.8 Å². The molecule has 0 radical (unpaired) electrons. The smallest absolute Gasteiger partial charge is 0.358 e. The zero-order valence-corrected chi connectivity index (χ0v) is 8.79. The van der Waals surface area contributed by atoms with E-state index in [0.29, 0.717) is 19.4 Å². The Balaban J connectivity index is 2.12. The normalized spacial score (nSPS) is 30.6. The summed E-state index contributed by atoms with van der Waals surface area (Å²) in [7, 11) is 0. The molecule has 2 atom stereocenters. The molecule has 2 unspecified atom stereocenters. The van der Waals surface area contributed by atoms with Gasteiger partial charge in [-0.15, -0.1) is 0 Å². The summed E-state index contributed by atoms with van der Waals surface area (Å²) < 4.78 is 42.8. The number of amides is 3. The Morgan fingerprint density at radius 3 is 2.59 bits per heavy atom. The molecule has 0 aliphatic carbocycles. The van der Waals surface area contributed by atoms with Gasteiger partial charge in [-0.25, -0.2) is 4.79 Å². The Labute approximate surface area is 94.9 Å². The van der Waals surface area contributed by atoms with Crippen LogP contribution in [0.4, 0.5) is 18.0 Å². The topological polar surface area (TPSA) is 58.6 Å². The summed E-state index contributed by atoms with van der Waals surface area (Å²) in [6.45, 7) is -0.252. The van der Waals surface area contributed by atoms with E-state index in [2.05, 4.69) is 0 Å². The lowest BCUT2D eigenvalue weighted by molar-refractivity contribution is -0.190. The molecule has 2 aliphatic heterocycles. The summed E-state index contributed by atoms with van der Waals surface area (Å²) >= 11 is 0. The first-order chi connectivity index (χ1) is 7.89. The molecule has 0 bridgehead atoms. The van der Waals surface area contributed by atoms with Crippen LogP contribution in [-0.2, 0) is 9.53 Å². The molecule has 3 amide bonds. The van der Waals surface area contributed by atoms with Gasteiger partial charge in [-0.1, -0.05) is 0 Å². The predicted octanol–water partition coefficient (Wildman–Crippen LogP) is 0.853. The first kappa shape index (κ1) is 12.2. The van der Waals surface area contributed by atoms with Crippen molar-refractivity contribution in [2.75, 3.05) is 13.2 Å². The Kier molecular flexibility index (Phi) is 2.98.